The molecule has 1 aromatic heterocycles. The number of carbonyl (C=O) groups is 1. The molecule has 0 aliphatic carbocycles. The van der Waals surface area contributed by atoms with Crippen molar-refractivity contribution in [3.05, 3.63) is 59.8 Å². The SMILES string of the molecule is C[C@@]1(C(=O)NCc2ccco2)CC(c2cccc(F)c2)=NO1. The minimum Gasteiger partial charge on any atom is -0.467 e. The first kappa shape index (κ1) is 14.3. The molecular weight excluding hydrogens is 287 g/mol. The molecule has 22 heavy (non-hydrogen) atoms. The second-order valence-corrected chi connectivity index (χ2v) is 5.31. The van der Waals surface area contributed by atoms with Crippen LogP contribution >= 0.6 is 0 Å². The van der Waals surface area contributed by atoms with Gasteiger partial charge >= 0.3 is 0 Å². The number of hydrogen-bond donors (Lipinski definition) is 1. The van der Waals surface area contributed by atoms with Crippen molar-refractivity contribution >= 4 is 11.6 Å². The molecule has 0 spiro atoms. The maximum atomic E-state index is 13.3. The van der Waals surface area contributed by atoms with Gasteiger partial charge in [-0.1, -0.05) is 17.3 Å². The predicted molar refractivity (Wildman–Crippen MR) is 77.6 cm³/mol. The maximum absolute atomic E-state index is 13.3. The first-order chi connectivity index (χ1) is 10.6. The molecule has 2 aromatic rings. The summed E-state index contributed by atoms with van der Waals surface area (Å²) >= 11 is 0. The molecule has 114 valence electrons. The number of hydrogen-bond acceptors (Lipinski definition) is 4. The lowest BCUT2D eigenvalue weighted by Gasteiger charge is -2.20. The Morgan fingerprint density at radius 1 is 1.41 bits per heavy atom. The van der Waals surface area contributed by atoms with E-state index in [2.05, 4.69) is 10.5 Å². The summed E-state index contributed by atoms with van der Waals surface area (Å²) in [6, 6.07) is 9.58. The zero-order valence-electron chi connectivity index (χ0n) is 12.0. The molecule has 3 rings (SSSR count). The zero-order valence-corrected chi connectivity index (χ0v) is 12.0. The van der Waals surface area contributed by atoms with E-state index >= 15 is 0 Å². The quantitative estimate of drug-likeness (QED) is 0.944. The zero-order chi connectivity index (χ0) is 15.6. The van der Waals surface area contributed by atoms with E-state index in [0.717, 1.165) is 0 Å². The van der Waals surface area contributed by atoms with Gasteiger partial charge in [0.2, 0.25) is 5.60 Å². The summed E-state index contributed by atoms with van der Waals surface area (Å²) in [6.45, 7) is 1.93. The molecule has 5 nitrogen and oxygen atoms in total. The van der Waals surface area contributed by atoms with Gasteiger partial charge in [-0.25, -0.2) is 4.39 Å². The molecule has 0 radical (unpaired) electrons. The summed E-state index contributed by atoms with van der Waals surface area (Å²) in [5.41, 5.74) is 0.0616. The largest absolute Gasteiger partial charge is 0.467 e. The molecule has 1 aromatic carbocycles. The highest BCUT2D eigenvalue weighted by Crippen LogP contribution is 2.27. The second kappa shape index (κ2) is 5.63. The number of halogens is 1. The number of carbonyl (C=O) groups excluding carboxylic acids is 1. The van der Waals surface area contributed by atoms with E-state index in [1.54, 1.807) is 37.5 Å². The van der Waals surface area contributed by atoms with Crippen LogP contribution in [0.2, 0.25) is 0 Å². The molecule has 1 aliphatic heterocycles. The normalized spacial score (nSPS) is 20.4. The lowest BCUT2D eigenvalue weighted by Crippen LogP contribution is -2.44. The van der Waals surface area contributed by atoms with Gasteiger partial charge in [-0.3, -0.25) is 4.79 Å². The van der Waals surface area contributed by atoms with Crippen molar-refractivity contribution in [3.8, 4) is 0 Å². The molecule has 1 amide bonds. The number of nitrogens with zero attached hydrogens (tertiary/aromatic N) is 1. The van der Waals surface area contributed by atoms with Gasteiger partial charge in [0.25, 0.3) is 5.91 Å². The fraction of sp³-hybridized carbons (Fsp3) is 0.250. The number of nitrogens with one attached hydrogen (secondary N) is 1. The smallest absolute Gasteiger partial charge is 0.267 e. The first-order valence-electron chi connectivity index (χ1n) is 6.88. The minimum absolute atomic E-state index is 0.278. The van der Waals surface area contributed by atoms with Crippen LogP contribution in [0.15, 0.2) is 52.2 Å². The topological polar surface area (TPSA) is 63.8 Å². The van der Waals surface area contributed by atoms with E-state index in [4.69, 9.17) is 9.25 Å². The van der Waals surface area contributed by atoms with Gasteiger partial charge in [0.1, 0.15) is 11.6 Å². The van der Waals surface area contributed by atoms with Gasteiger partial charge in [0.15, 0.2) is 0 Å². The number of oxime groups is 1. The Kier molecular flexibility index (Phi) is 3.66. The fourth-order valence-electron chi connectivity index (χ4n) is 2.25. The molecule has 0 unspecified atom stereocenters. The lowest BCUT2D eigenvalue weighted by molar-refractivity contribution is -0.141. The average molecular weight is 302 g/mol. The predicted octanol–water partition coefficient (Wildman–Crippen LogP) is 2.62. The van der Waals surface area contributed by atoms with E-state index in [9.17, 15) is 9.18 Å². The van der Waals surface area contributed by atoms with Gasteiger partial charge in [-0.15, -0.1) is 0 Å². The Bertz CT molecular complexity index is 712. The van der Waals surface area contributed by atoms with Crippen molar-refractivity contribution in [3.63, 3.8) is 0 Å². The van der Waals surface area contributed by atoms with Crippen molar-refractivity contribution in [2.75, 3.05) is 0 Å². The van der Waals surface area contributed by atoms with Crippen LogP contribution in [0.5, 0.6) is 0 Å². The Morgan fingerprint density at radius 3 is 3.00 bits per heavy atom. The highest BCUT2D eigenvalue weighted by molar-refractivity contribution is 6.05. The summed E-state index contributed by atoms with van der Waals surface area (Å²) in [6.07, 6.45) is 1.82. The lowest BCUT2D eigenvalue weighted by atomic mass is 9.95. The molecule has 6 heteroatoms. The van der Waals surface area contributed by atoms with E-state index in [1.807, 2.05) is 0 Å². The van der Waals surface area contributed by atoms with Gasteiger partial charge in [-0.05, 0) is 31.2 Å². The molecule has 0 bridgehead atoms. The summed E-state index contributed by atoms with van der Waals surface area (Å²) < 4.78 is 18.4. The van der Waals surface area contributed by atoms with Crippen molar-refractivity contribution in [1.82, 2.24) is 5.32 Å². The molecule has 0 fully saturated rings. The van der Waals surface area contributed by atoms with Crippen molar-refractivity contribution in [1.29, 1.82) is 0 Å². The van der Waals surface area contributed by atoms with Crippen LogP contribution in [-0.2, 0) is 16.2 Å². The summed E-state index contributed by atoms with van der Waals surface area (Å²) in [4.78, 5) is 17.6. The van der Waals surface area contributed by atoms with Crippen LogP contribution in [0.1, 0.15) is 24.7 Å². The van der Waals surface area contributed by atoms with Gasteiger partial charge in [-0.2, -0.15) is 0 Å². The Balaban J connectivity index is 1.65. The van der Waals surface area contributed by atoms with Crippen LogP contribution in [0.25, 0.3) is 0 Å². The van der Waals surface area contributed by atoms with Crippen LogP contribution < -0.4 is 5.32 Å². The molecular formula is C16H15FN2O3. The number of furan rings is 1. The summed E-state index contributed by atoms with van der Waals surface area (Å²) in [7, 11) is 0. The Labute approximate surface area is 126 Å². The molecule has 2 heterocycles. The number of rotatable bonds is 4. The molecule has 0 saturated carbocycles. The number of amides is 1. The molecule has 1 N–H and O–H groups in total. The van der Waals surface area contributed by atoms with Crippen LogP contribution in [0.4, 0.5) is 4.39 Å². The third-order valence-electron chi connectivity index (χ3n) is 3.50. The second-order valence-electron chi connectivity index (χ2n) is 5.31. The average Bonchev–Trinajstić information content (AvgIpc) is 3.15. The van der Waals surface area contributed by atoms with E-state index < -0.39 is 5.60 Å². The minimum atomic E-state index is -1.10. The Morgan fingerprint density at radius 2 is 2.27 bits per heavy atom. The van der Waals surface area contributed by atoms with E-state index in [0.29, 0.717) is 17.0 Å². The first-order valence-corrected chi connectivity index (χ1v) is 6.88. The highest BCUT2D eigenvalue weighted by Gasteiger charge is 2.42. The van der Waals surface area contributed by atoms with Crippen LogP contribution in [-0.4, -0.2) is 17.2 Å². The van der Waals surface area contributed by atoms with Crippen molar-refractivity contribution < 1.29 is 18.4 Å². The standard InChI is InChI=1S/C16H15FN2O3/c1-16(15(20)18-10-13-6-3-7-21-13)9-14(19-22-16)11-4-2-5-12(17)8-11/h2-8H,9-10H2,1H3,(H,18,20)/t16-/m0/s1. The summed E-state index contributed by atoms with van der Waals surface area (Å²) in [5.74, 6) is 0.0105. The third kappa shape index (κ3) is 2.86. The highest BCUT2D eigenvalue weighted by atomic mass is 19.1. The monoisotopic (exact) mass is 302 g/mol. The van der Waals surface area contributed by atoms with Crippen LogP contribution in [0.3, 0.4) is 0 Å². The molecule has 1 atom stereocenters. The van der Waals surface area contributed by atoms with Crippen LogP contribution in [0, 0.1) is 5.82 Å². The fourth-order valence-corrected chi connectivity index (χ4v) is 2.25. The van der Waals surface area contributed by atoms with E-state index in [-0.39, 0.29) is 24.7 Å². The van der Waals surface area contributed by atoms with Crippen molar-refractivity contribution in [2.45, 2.75) is 25.5 Å². The molecule has 0 saturated heterocycles. The maximum Gasteiger partial charge on any atom is 0.267 e. The third-order valence-corrected chi connectivity index (χ3v) is 3.50. The number of benzene rings is 1. The van der Waals surface area contributed by atoms with Crippen molar-refractivity contribution in [2.24, 2.45) is 5.16 Å². The Hall–Kier alpha value is -2.63. The van der Waals surface area contributed by atoms with Gasteiger partial charge in [0.05, 0.1) is 18.5 Å². The van der Waals surface area contributed by atoms with Gasteiger partial charge < -0.3 is 14.6 Å². The van der Waals surface area contributed by atoms with E-state index in [1.165, 1.54) is 12.1 Å². The molecule has 1 aliphatic rings. The summed E-state index contributed by atoms with van der Waals surface area (Å²) in [5, 5.41) is 6.68. The van der Waals surface area contributed by atoms with Gasteiger partial charge in [0, 0.05) is 12.0 Å².